The summed E-state index contributed by atoms with van der Waals surface area (Å²) in [5.74, 6) is 1.54. The molecular weight excluding hydrogens is 487 g/mol. The SMILES string of the molecule is CN=C(NCC(C)CN1CCN(C)CC1)NCC1CCCN1Cc1ccccc1.I. The van der Waals surface area contributed by atoms with Crippen LogP contribution in [0.5, 0.6) is 0 Å². The minimum Gasteiger partial charge on any atom is -0.356 e. The van der Waals surface area contributed by atoms with Crippen LogP contribution < -0.4 is 10.6 Å². The maximum absolute atomic E-state index is 4.44. The van der Waals surface area contributed by atoms with Gasteiger partial charge in [0.2, 0.25) is 0 Å². The Hall–Kier alpha value is -0.900. The standard InChI is InChI=1S/C23H40N6.HI/c1-20(18-28-14-12-27(3)13-15-28)16-25-23(24-2)26-17-22-10-7-11-29(22)19-21-8-5-4-6-9-21;/h4-6,8-9,20,22H,7,10-19H2,1-3H3,(H2,24,25,26);1H. The van der Waals surface area contributed by atoms with Crippen molar-refractivity contribution in [2.24, 2.45) is 10.9 Å². The van der Waals surface area contributed by atoms with Gasteiger partial charge in [0.05, 0.1) is 0 Å². The quantitative estimate of drug-likeness (QED) is 0.308. The van der Waals surface area contributed by atoms with Crippen LogP contribution in [0.25, 0.3) is 0 Å². The third-order valence-electron chi connectivity index (χ3n) is 6.24. The fraction of sp³-hybridized carbons (Fsp3) is 0.696. The van der Waals surface area contributed by atoms with E-state index in [4.69, 9.17) is 0 Å². The van der Waals surface area contributed by atoms with E-state index in [0.29, 0.717) is 12.0 Å². The lowest BCUT2D eigenvalue weighted by atomic mass is 10.1. The molecule has 2 unspecified atom stereocenters. The molecule has 1 aromatic carbocycles. The number of hydrogen-bond donors (Lipinski definition) is 2. The van der Waals surface area contributed by atoms with Crippen molar-refractivity contribution in [3.05, 3.63) is 35.9 Å². The van der Waals surface area contributed by atoms with Gasteiger partial charge < -0.3 is 20.4 Å². The maximum Gasteiger partial charge on any atom is 0.191 e. The van der Waals surface area contributed by atoms with E-state index in [0.717, 1.165) is 32.1 Å². The van der Waals surface area contributed by atoms with Gasteiger partial charge >= 0.3 is 0 Å². The average Bonchev–Trinajstić information content (AvgIpc) is 3.17. The lowest BCUT2D eigenvalue weighted by Gasteiger charge is -2.34. The molecule has 30 heavy (non-hydrogen) atoms. The lowest BCUT2D eigenvalue weighted by Crippen LogP contribution is -2.48. The van der Waals surface area contributed by atoms with Crippen LogP contribution in [0.1, 0.15) is 25.3 Å². The second-order valence-corrected chi connectivity index (χ2v) is 8.80. The normalized spacial score (nSPS) is 22.5. The summed E-state index contributed by atoms with van der Waals surface area (Å²) in [6, 6.07) is 11.4. The lowest BCUT2D eigenvalue weighted by molar-refractivity contribution is 0.139. The Morgan fingerprint density at radius 1 is 1.10 bits per heavy atom. The highest BCUT2D eigenvalue weighted by Gasteiger charge is 2.24. The average molecular weight is 529 g/mol. The van der Waals surface area contributed by atoms with E-state index in [9.17, 15) is 0 Å². The molecule has 0 aliphatic carbocycles. The van der Waals surface area contributed by atoms with Gasteiger partial charge in [-0.1, -0.05) is 37.3 Å². The summed E-state index contributed by atoms with van der Waals surface area (Å²) in [4.78, 5) is 12.0. The molecule has 0 spiro atoms. The van der Waals surface area contributed by atoms with E-state index < -0.39 is 0 Å². The number of likely N-dealkylation sites (N-methyl/N-ethyl adjacent to an activating group) is 1. The zero-order valence-electron chi connectivity index (χ0n) is 19.0. The number of likely N-dealkylation sites (tertiary alicyclic amines) is 1. The molecule has 7 heteroatoms. The number of halogens is 1. The Kier molecular flexibility index (Phi) is 11.4. The van der Waals surface area contributed by atoms with Crippen molar-refractivity contribution in [2.75, 3.05) is 66.5 Å². The molecule has 0 saturated carbocycles. The molecule has 2 N–H and O–H groups in total. The molecule has 0 bridgehead atoms. The first-order valence-corrected chi connectivity index (χ1v) is 11.3. The van der Waals surface area contributed by atoms with Crippen molar-refractivity contribution in [3.8, 4) is 0 Å². The summed E-state index contributed by atoms with van der Waals surface area (Å²) in [5.41, 5.74) is 1.40. The Morgan fingerprint density at radius 2 is 1.83 bits per heavy atom. The number of nitrogens with zero attached hydrogens (tertiary/aromatic N) is 4. The monoisotopic (exact) mass is 528 g/mol. The van der Waals surface area contributed by atoms with Crippen LogP contribution in [-0.4, -0.2) is 93.2 Å². The van der Waals surface area contributed by atoms with Gasteiger partial charge in [-0.2, -0.15) is 0 Å². The van der Waals surface area contributed by atoms with Crippen LogP contribution in [0, 0.1) is 5.92 Å². The topological polar surface area (TPSA) is 46.1 Å². The summed E-state index contributed by atoms with van der Waals surface area (Å²) in [6.45, 7) is 12.4. The molecule has 2 aliphatic rings. The fourth-order valence-corrected chi connectivity index (χ4v) is 4.39. The highest BCUT2D eigenvalue weighted by Crippen LogP contribution is 2.19. The largest absolute Gasteiger partial charge is 0.356 e. The minimum atomic E-state index is 0. The molecule has 1 aromatic rings. The molecule has 6 nitrogen and oxygen atoms in total. The zero-order chi connectivity index (χ0) is 20.5. The van der Waals surface area contributed by atoms with Crippen LogP contribution in [0.2, 0.25) is 0 Å². The number of aliphatic imine (C=N–C) groups is 1. The molecule has 170 valence electrons. The Bertz CT molecular complexity index is 617. The second-order valence-electron chi connectivity index (χ2n) is 8.80. The molecule has 2 aliphatic heterocycles. The summed E-state index contributed by atoms with van der Waals surface area (Å²) in [6.07, 6.45) is 2.55. The maximum atomic E-state index is 4.44. The van der Waals surface area contributed by atoms with Crippen molar-refractivity contribution < 1.29 is 0 Å². The molecule has 2 atom stereocenters. The van der Waals surface area contributed by atoms with Crippen LogP contribution in [0.15, 0.2) is 35.3 Å². The van der Waals surface area contributed by atoms with E-state index >= 15 is 0 Å². The van der Waals surface area contributed by atoms with E-state index in [1.165, 1.54) is 51.1 Å². The number of benzene rings is 1. The molecule has 0 aromatic heterocycles. The van der Waals surface area contributed by atoms with Crippen molar-refractivity contribution in [3.63, 3.8) is 0 Å². The first kappa shape index (κ1) is 25.4. The molecule has 2 heterocycles. The smallest absolute Gasteiger partial charge is 0.191 e. The van der Waals surface area contributed by atoms with E-state index in [2.05, 4.69) is 74.6 Å². The number of nitrogens with one attached hydrogen (secondary N) is 2. The number of rotatable bonds is 8. The minimum absolute atomic E-state index is 0. The molecule has 2 fully saturated rings. The van der Waals surface area contributed by atoms with Crippen LogP contribution >= 0.6 is 24.0 Å². The van der Waals surface area contributed by atoms with E-state index in [-0.39, 0.29) is 24.0 Å². The summed E-state index contributed by atoms with van der Waals surface area (Å²) in [5, 5.41) is 7.11. The van der Waals surface area contributed by atoms with E-state index in [1.54, 1.807) is 0 Å². The van der Waals surface area contributed by atoms with Crippen molar-refractivity contribution >= 4 is 29.9 Å². The summed E-state index contributed by atoms with van der Waals surface area (Å²) >= 11 is 0. The van der Waals surface area contributed by atoms with Crippen LogP contribution in [0.3, 0.4) is 0 Å². The Balaban J connectivity index is 0.00000320. The molecule has 2 saturated heterocycles. The zero-order valence-corrected chi connectivity index (χ0v) is 21.3. The van der Waals surface area contributed by atoms with Gasteiger partial charge in [0.1, 0.15) is 0 Å². The van der Waals surface area contributed by atoms with Crippen LogP contribution in [-0.2, 0) is 6.54 Å². The van der Waals surface area contributed by atoms with Gasteiger partial charge in [-0.3, -0.25) is 9.89 Å². The molecule has 0 radical (unpaired) electrons. The Labute approximate surface area is 200 Å². The summed E-state index contributed by atoms with van der Waals surface area (Å²) < 4.78 is 0. The Morgan fingerprint density at radius 3 is 2.53 bits per heavy atom. The van der Waals surface area contributed by atoms with Gasteiger partial charge in [-0.05, 0) is 37.9 Å². The molecular formula is C23H41IN6. The number of guanidine groups is 1. The van der Waals surface area contributed by atoms with Gasteiger partial charge in [-0.15, -0.1) is 24.0 Å². The van der Waals surface area contributed by atoms with Crippen molar-refractivity contribution in [1.29, 1.82) is 0 Å². The summed E-state index contributed by atoms with van der Waals surface area (Å²) in [7, 11) is 4.08. The third-order valence-corrected chi connectivity index (χ3v) is 6.24. The molecule has 3 rings (SSSR count). The highest BCUT2D eigenvalue weighted by molar-refractivity contribution is 14.0. The van der Waals surface area contributed by atoms with Crippen LogP contribution in [0.4, 0.5) is 0 Å². The number of hydrogen-bond acceptors (Lipinski definition) is 4. The predicted octanol–water partition coefficient (Wildman–Crippen LogP) is 2.32. The fourth-order valence-electron chi connectivity index (χ4n) is 4.39. The van der Waals surface area contributed by atoms with Gasteiger partial charge in [0.25, 0.3) is 0 Å². The van der Waals surface area contributed by atoms with Gasteiger partial charge in [0, 0.05) is 65.4 Å². The van der Waals surface area contributed by atoms with Gasteiger partial charge in [0.15, 0.2) is 5.96 Å². The highest BCUT2D eigenvalue weighted by atomic mass is 127. The van der Waals surface area contributed by atoms with Crippen molar-refractivity contribution in [1.82, 2.24) is 25.3 Å². The first-order chi connectivity index (χ1) is 14.1. The first-order valence-electron chi connectivity index (χ1n) is 11.3. The predicted molar refractivity (Wildman–Crippen MR) is 138 cm³/mol. The van der Waals surface area contributed by atoms with Crippen molar-refractivity contribution in [2.45, 2.75) is 32.4 Å². The second kappa shape index (κ2) is 13.5. The van der Waals surface area contributed by atoms with E-state index in [1.807, 2.05) is 7.05 Å². The van der Waals surface area contributed by atoms with Gasteiger partial charge in [-0.25, -0.2) is 0 Å². The number of piperazine rings is 1. The third kappa shape index (κ3) is 8.32. The molecule has 0 amide bonds.